The number of carbonyl (C=O) groups is 4. The molecule has 6 bridgehead atoms. The number of hydrogen-bond acceptors (Lipinski definition) is 12. The monoisotopic (exact) mass is 923 g/mol. The molecule has 2 N–H and O–H groups in total. The number of rotatable bonds is 11. The summed E-state index contributed by atoms with van der Waals surface area (Å²) in [5, 5.41) is 5.55. The molecular formula is C51H70N8O8. The van der Waals surface area contributed by atoms with Gasteiger partial charge in [-0.1, -0.05) is 33.6 Å². The third-order valence-electron chi connectivity index (χ3n) is 13.8. The van der Waals surface area contributed by atoms with E-state index in [1.807, 2.05) is 65.7 Å². The van der Waals surface area contributed by atoms with Crippen LogP contribution in [0.4, 0.5) is 0 Å². The van der Waals surface area contributed by atoms with Gasteiger partial charge in [-0.25, -0.2) is 10.4 Å². The molecule has 6 heterocycles. The van der Waals surface area contributed by atoms with Crippen LogP contribution in [0.3, 0.4) is 0 Å². The van der Waals surface area contributed by atoms with Crippen molar-refractivity contribution < 1.29 is 38.1 Å². The summed E-state index contributed by atoms with van der Waals surface area (Å²) < 4.78 is 26.7. The van der Waals surface area contributed by atoms with Gasteiger partial charge >= 0.3 is 5.97 Å². The summed E-state index contributed by atoms with van der Waals surface area (Å²) in [6, 6.07) is 8.07. The van der Waals surface area contributed by atoms with Crippen LogP contribution >= 0.6 is 0 Å². The van der Waals surface area contributed by atoms with Gasteiger partial charge in [0.2, 0.25) is 11.8 Å². The van der Waals surface area contributed by atoms with E-state index in [1.165, 1.54) is 5.01 Å². The van der Waals surface area contributed by atoms with Gasteiger partial charge in [-0.15, -0.1) is 0 Å². The number of ether oxygens (including phenoxy) is 4. The molecule has 16 nitrogen and oxygen atoms in total. The van der Waals surface area contributed by atoms with Gasteiger partial charge in [-0.3, -0.25) is 34.1 Å². The Hall–Kier alpha value is -5.34. The highest BCUT2D eigenvalue weighted by atomic mass is 16.5. The van der Waals surface area contributed by atoms with E-state index in [-0.39, 0.29) is 62.1 Å². The molecule has 0 spiro atoms. The number of pyridine rings is 1. The fourth-order valence-corrected chi connectivity index (χ4v) is 9.01. The first-order chi connectivity index (χ1) is 31.8. The number of benzene rings is 1. The Bertz CT molecular complexity index is 2420. The number of likely N-dealkylation sites (tertiary alicyclic amines) is 1. The first-order valence-corrected chi connectivity index (χ1v) is 23.8. The maximum Gasteiger partial charge on any atom is 0.324 e. The lowest BCUT2D eigenvalue weighted by molar-refractivity contribution is -0.155. The second kappa shape index (κ2) is 20.5. The Morgan fingerprint density at radius 2 is 1.88 bits per heavy atom. The summed E-state index contributed by atoms with van der Waals surface area (Å²) in [4.78, 5) is 68.9. The zero-order chi connectivity index (χ0) is 48.4. The van der Waals surface area contributed by atoms with Crippen LogP contribution in [0.25, 0.3) is 22.2 Å². The molecule has 7 rings (SSSR count). The molecule has 0 saturated carbocycles. The highest BCUT2D eigenvalue weighted by Gasteiger charge is 2.39. The molecule has 2 fully saturated rings. The predicted octanol–water partition coefficient (Wildman–Crippen LogP) is 4.92. The topological polar surface area (TPSA) is 169 Å². The molecule has 3 aromatic rings. The number of cyclic esters (lactones) is 1. The van der Waals surface area contributed by atoms with Crippen molar-refractivity contribution in [3.8, 4) is 23.1 Å². The molecule has 2 saturated heterocycles. The third-order valence-corrected chi connectivity index (χ3v) is 13.8. The SMILES string of the molecule is CCn1c(-c2cccnc2[C@H](C)OC)c2c3cc(ccc31)C1=NC(CO1)C[C@H](NC(=O)[C@@H](COC1CN(C(=O)C#CC(C)(C)N(C)C)C1)C(C)C)C(=O)N1CCC[C@H](N1)C(=O)OCC(C)(C)C2. The molecule has 362 valence electrons. The number of methoxy groups -OCH3 is 1. The van der Waals surface area contributed by atoms with E-state index < -0.39 is 41.0 Å². The Balaban J connectivity index is 1.17. The fourth-order valence-electron chi connectivity index (χ4n) is 9.01. The van der Waals surface area contributed by atoms with Crippen LogP contribution in [-0.4, -0.2) is 144 Å². The molecule has 2 aromatic heterocycles. The lowest BCUT2D eigenvalue weighted by Crippen LogP contribution is -2.61. The Labute approximate surface area is 395 Å². The minimum Gasteiger partial charge on any atom is -0.475 e. The lowest BCUT2D eigenvalue weighted by atomic mass is 9.84. The van der Waals surface area contributed by atoms with Gasteiger partial charge in [0, 0.05) is 73.4 Å². The number of nitrogens with zero attached hydrogens (tertiary/aromatic N) is 6. The summed E-state index contributed by atoms with van der Waals surface area (Å²) in [5.74, 6) is 4.16. The van der Waals surface area contributed by atoms with Gasteiger partial charge in [-0.2, -0.15) is 0 Å². The lowest BCUT2D eigenvalue weighted by Gasteiger charge is -2.39. The van der Waals surface area contributed by atoms with Gasteiger partial charge in [-0.05, 0) is 109 Å². The number of aromatic nitrogens is 2. The van der Waals surface area contributed by atoms with Crippen molar-refractivity contribution in [1.29, 1.82) is 0 Å². The van der Waals surface area contributed by atoms with Crippen molar-refractivity contribution in [2.45, 2.75) is 123 Å². The fraction of sp³-hybridized carbons (Fsp3) is 0.608. The molecule has 0 radical (unpaired) electrons. The Morgan fingerprint density at radius 3 is 2.58 bits per heavy atom. The second-order valence-corrected chi connectivity index (χ2v) is 20.3. The minimum absolute atomic E-state index is 0.108. The maximum absolute atomic E-state index is 14.6. The van der Waals surface area contributed by atoms with Crippen molar-refractivity contribution >= 4 is 40.5 Å². The largest absolute Gasteiger partial charge is 0.475 e. The quantitative estimate of drug-likeness (QED) is 0.198. The van der Waals surface area contributed by atoms with Crippen LogP contribution in [0, 0.1) is 29.1 Å². The number of aryl methyl sites for hydroxylation is 1. The number of nitrogens with one attached hydrogen (secondary N) is 2. The molecule has 4 aliphatic rings. The highest BCUT2D eigenvalue weighted by molar-refractivity contribution is 6.02. The van der Waals surface area contributed by atoms with Crippen LogP contribution in [0.2, 0.25) is 0 Å². The molecule has 16 heteroatoms. The standard InChI is InChI=1S/C51H70N8O8/c1-12-58-42-18-17-33-23-37(42)38(45(58)36-15-13-21-52-44(36)32(4)64-11)25-50(5,6)30-67-49(63)40-16-14-22-59(55-40)48(62)41(24-34-28-66-47(33)53-34)54-46(61)39(31(2)3)29-65-35-26-57(27-35)43(60)19-20-51(7,8)56(9)10/h13,15,17-18,21,23,31-32,34-35,39-41,55H,12,14,16,22,24-30H2,1-11H3,(H,54,61)/t32-,34?,39-,40-,41-/m0/s1. The van der Waals surface area contributed by atoms with E-state index in [0.717, 1.165) is 39.0 Å². The smallest absolute Gasteiger partial charge is 0.324 e. The first kappa shape index (κ1) is 49.6. The van der Waals surface area contributed by atoms with E-state index in [0.29, 0.717) is 51.3 Å². The highest BCUT2D eigenvalue weighted by Crippen LogP contribution is 2.41. The van der Waals surface area contributed by atoms with Gasteiger partial charge in [0.15, 0.2) is 0 Å². The number of aliphatic imine (C=N–C) groups is 1. The van der Waals surface area contributed by atoms with E-state index in [4.69, 9.17) is 28.9 Å². The molecule has 3 amide bonds. The van der Waals surface area contributed by atoms with Gasteiger partial charge in [0.1, 0.15) is 18.7 Å². The molecule has 1 unspecified atom stereocenters. The van der Waals surface area contributed by atoms with E-state index in [9.17, 15) is 19.2 Å². The van der Waals surface area contributed by atoms with Crippen LogP contribution in [-0.2, 0) is 51.1 Å². The zero-order valence-electron chi connectivity index (χ0n) is 41.2. The third kappa shape index (κ3) is 11.0. The van der Waals surface area contributed by atoms with Crippen molar-refractivity contribution in [2.75, 3.05) is 60.7 Å². The maximum atomic E-state index is 14.6. The number of fused-ring (bicyclic) bond motifs is 5. The average Bonchev–Trinajstić information content (AvgIpc) is 3.88. The van der Waals surface area contributed by atoms with E-state index >= 15 is 0 Å². The number of amides is 3. The summed E-state index contributed by atoms with van der Waals surface area (Å²) in [5.41, 5.74) is 7.95. The summed E-state index contributed by atoms with van der Waals surface area (Å²) in [6.45, 7) is 18.4. The normalized spacial score (nSPS) is 22.3. The van der Waals surface area contributed by atoms with Gasteiger partial charge < -0.3 is 33.7 Å². The van der Waals surface area contributed by atoms with Crippen LogP contribution in [0.5, 0.6) is 0 Å². The molecule has 67 heavy (non-hydrogen) atoms. The predicted molar refractivity (Wildman–Crippen MR) is 256 cm³/mol. The molecule has 4 aliphatic heterocycles. The van der Waals surface area contributed by atoms with Crippen molar-refractivity contribution in [1.82, 2.24) is 35.1 Å². The van der Waals surface area contributed by atoms with Crippen molar-refractivity contribution in [2.24, 2.45) is 22.2 Å². The minimum atomic E-state index is -0.995. The first-order valence-electron chi connectivity index (χ1n) is 23.8. The van der Waals surface area contributed by atoms with Crippen LogP contribution in [0.1, 0.15) is 97.6 Å². The summed E-state index contributed by atoms with van der Waals surface area (Å²) >= 11 is 0. The average molecular weight is 923 g/mol. The summed E-state index contributed by atoms with van der Waals surface area (Å²) in [7, 11) is 5.52. The van der Waals surface area contributed by atoms with Crippen LogP contribution in [0.15, 0.2) is 41.5 Å². The number of hydrazine groups is 1. The Kier molecular flexibility index (Phi) is 15.2. The van der Waals surface area contributed by atoms with E-state index in [1.54, 1.807) is 18.2 Å². The zero-order valence-corrected chi connectivity index (χ0v) is 41.2. The van der Waals surface area contributed by atoms with Crippen molar-refractivity contribution in [3.05, 3.63) is 53.3 Å². The number of hydrogen-bond donors (Lipinski definition) is 2. The van der Waals surface area contributed by atoms with Crippen LogP contribution < -0.4 is 10.7 Å². The number of esters is 1. The summed E-state index contributed by atoms with van der Waals surface area (Å²) in [6.07, 6.45) is 3.08. The molecule has 5 atom stereocenters. The van der Waals surface area contributed by atoms with Gasteiger partial charge in [0.25, 0.3) is 11.8 Å². The number of carbonyl (C=O) groups excluding carboxylic acids is 4. The van der Waals surface area contributed by atoms with E-state index in [2.05, 4.69) is 66.1 Å². The van der Waals surface area contributed by atoms with Gasteiger partial charge in [0.05, 0.1) is 54.3 Å². The molecular weight excluding hydrogens is 853 g/mol. The second-order valence-electron chi connectivity index (χ2n) is 20.3. The van der Waals surface area contributed by atoms with Crippen molar-refractivity contribution in [3.63, 3.8) is 0 Å². The molecule has 0 aliphatic carbocycles. The molecule has 1 aromatic carbocycles. The Morgan fingerprint density at radius 1 is 1.12 bits per heavy atom.